The first-order valence-corrected chi connectivity index (χ1v) is 7.02. The average Bonchev–Trinajstić information content (AvgIpc) is 2.78. The molecule has 98 valence electrons. The minimum atomic E-state index is 0.600. The van der Waals surface area contributed by atoms with Gasteiger partial charge in [0.15, 0.2) is 0 Å². The Labute approximate surface area is 109 Å². The first kappa shape index (κ1) is 13.2. The second-order valence-electron chi connectivity index (χ2n) is 4.75. The lowest BCUT2D eigenvalue weighted by Gasteiger charge is -2.14. The predicted octanol–water partition coefficient (Wildman–Crippen LogP) is 4.27. The Bertz CT molecular complexity index is 497. The molecule has 0 bridgehead atoms. The lowest BCUT2D eigenvalue weighted by atomic mass is 10.1. The minimum absolute atomic E-state index is 0.600. The van der Waals surface area contributed by atoms with Gasteiger partial charge in [-0.1, -0.05) is 39.0 Å². The van der Waals surface area contributed by atoms with E-state index in [4.69, 9.17) is 4.42 Å². The highest BCUT2D eigenvalue weighted by atomic mass is 16.3. The third kappa shape index (κ3) is 2.59. The van der Waals surface area contributed by atoms with Crippen LogP contribution in [0.25, 0.3) is 11.0 Å². The maximum Gasteiger partial charge on any atom is 0.134 e. The molecule has 18 heavy (non-hydrogen) atoms. The molecule has 0 fully saturated rings. The summed E-state index contributed by atoms with van der Waals surface area (Å²) in [6.07, 6.45) is 3.30. The van der Waals surface area contributed by atoms with Crippen molar-refractivity contribution < 1.29 is 4.42 Å². The van der Waals surface area contributed by atoms with Crippen molar-refractivity contribution in [1.29, 1.82) is 0 Å². The predicted molar refractivity (Wildman–Crippen MR) is 76.8 cm³/mol. The lowest BCUT2D eigenvalue weighted by molar-refractivity contribution is 0.476. The molecule has 2 heteroatoms. The van der Waals surface area contributed by atoms with Gasteiger partial charge in [0.1, 0.15) is 11.3 Å². The fourth-order valence-electron chi connectivity index (χ4n) is 2.45. The van der Waals surface area contributed by atoms with Crippen LogP contribution in [0.2, 0.25) is 0 Å². The van der Waals surface area contributed by atoms with Gasteiger partial charge in [0.05, 0.1) is 0 Å². The highest BCUT2D eigenvalue weighted by molar-refractivity contribution is 5.82. The first-order chi connectivity index (χ1) is 8.80. The van der Waals surface area contributed by atoms with Crippen molar-refractivity contribution in [1.82, 2.24) is 5.32 Å². The molecule has 1 heterocycles. The van der Waals surface area contributed by atoms with Crippen molar-refractivity contribution in [2.45, 2.75) is 52.6 Å². The summed E-state index contributed by atoms with van der Waals surface area (Å²) in [4.78, 5) is 0. The topological polar surface area (TPSA) is 25.2 Å². The van der Waals surface area contributed by atoms with Crippen LogP contribution in [-0.4, -0.2) is 6.04 Å². The summed E-state index contributed by atoms with van der Waals surface area (Å²) < 4.78 is 5.91. The van der Waals surface area contributed by atoms with Gasteiger partial charge in [0.2, 0.25) is 0 Å². The summed E-state index contributed by atoms with van der Waals surface area (Å²) in [5, 5.41) is 4.89. The number of hydrogen-bond donors (Lipinski definition) is 1. The second kappa shape index (κ2) is 6.05. The molecular weight excluding hydrogens is 222 g/mol. The number of benzene rings is 1. The van der Waals surface area contributed by atoms with Gasteiger partial charge in [-0.05, 0) is 18.9 Å². The molecule has 0 saturated carbocycles. The molecule has 1 aromatic carbocycles. The average molecular weight is 245 g/mol. The Morgan fingerprint density at radius 1 is 1.11 bits per heavy atom. The van der Waals surface area contributed by atoms with Gasteiger partial charge in [0.25, 0.3) is 0 Å². The summed E-state index contributed by atoms with van der Waals surface area (Å²) in [5.41, 5.74) is 2.34. The Hall–Kier alpha value is -1.28. The SMILES string of the molecule is CCc1oc2ccccc2c1CNC(CC)CC. The van der Waals surface area contributed by atoms with Gasteiger partial charge >= 0.3 is 0 Å². The number of nitrogens with one attached hydrogen (secondary N) is 1. The van der Waals surface area contributed by atoms with Crippen molar-refractivity contribution in [3.8, 4) is 0 Å². The highest BCUT2D eigenvalue weighted by Gasteiger charge is 2.13. The van der Waals surface area contributed by atoms with Crippen LogP contribution in [0.4, 0.5) is 0 Å². The quantitative estimate of drug-likeness (QED) is 0.822. The van der Waals surface area contributed by atoms with Crippen LogP contribution < -0.4 is 5.32 Å². The Morgan fingerprint density at radius 2 is 1.83 bits per heavy atom. The maximum atomic E-state index is 5.91. The first-order valence-electron chi connectivity index (χ1n) is 7.02. The number of furan rings is 1. The molecule has 0 radical (unpaired) electrons. The maximum absolute atomic E-state index is 5.91. The van der Waals surface area contributed by atoms with Gasteiger partial charge in [-0.15, -0.1) is 0 Å². The van der Waals surface area contributed by atoms with Crippen LogP contribution in [0.1, 0.15) is 44.9 Å². The van der Waals surface area contributed by atoms with E-state index >= 15 is 0 Å². The van der Waals surface area contributed by atoms with Crippen LogP contribution in [0, 0.1) is 0 Å². The summed E-state index contributed by atoms with van der Waals surface area (Å²) in [5.74, 6) is 1.12. The van der Waals surface area contributed by atoms with Crippen LogP contribution in [0.15, 0.2) is 28.7 Å². The molecule has 0 amide bonds. The van der Waals surface area contributed by atoms with Crippen LogP contribution in [0.5, 0.6) is 0 Å². The van der Waals surface area contributed by atoms with E-state index in [9.17, 15) is 0 Å². The number of aryl methyl sites for hydroxylation is 1. The van der Waals surface area contributed by atoms with Gasteiger partial charge in [-0.2, -0.15) is 0 Å². The van der Waals surface area contributed by atoms with Crippen LogP contribution in [0.3, 0.4) is 0 Å². The van der Waals surface area contributed by atoms with E-state index in [0.717, 1.165) is 24.3 Å². The minimum Gasteiger partial charge on any atom is -0.461 e. The zero-order valence-corrected chi connectivity index (χ0v) is 11.6. The van der Waals surface area contributed by atoms with Crippen molar-refractivity contribution in [2.24, 2.45) is 0 Å². The molecule has 0 unspecified atom stereocenters. The fraction of sp³-hybridized carbons (Fsp3) is 0.500. The smallest absolute Gasteiger partial charge is 0.134 e. The molecule has 0 spiro atoms. The number of hydrogen-bond acceptors (Lipinski definition) is 2. The van der Waals surface area contributed by atoms with Gasteiger partial charge in [-0.25, -0.2) is 0 Å². The van der Waals surface area contributed by atoms with Gasteiger partial charge < -0.3 is 9.73 Å². The van der Waals surface area contributed by atoms with E-state index < -0.39 is 0 Å². The largest absolute Gasteiger partial charge is 0.461 e. The normalized spacial score (nSPS) is 11.6. The van der Waals surface area contributed by atoms with E-state index in [-0.39, 0.29) is 0 Å². The Balaban J connectivity index is 2.25. The van der Waals surface area contributed by atoms with E-state index in [1.807, 2.05) is 6.07 Å². The van der Waals surface area contributed by atoms with Gasteiger partial charge in [-0.3, -0.25) is 0 Å². The molecule has 0 aliphatic rings. The fourth-order valence-corrected chi connectivity index (χ4v) is 2.45. The Kier molecular flexibility index (Phi) is 4.43. The van der Waals surface area contributed by atoms with Crippen molar-refractivity contribution in [3.05, 3.63) is 35.6 Å². The molecule has 0 saturated heterocycles. The summed E-state index contributed by atoms with van der Waals surface area (Å²) in [6, 6.07) is 8.92. The van der Waals surface area contributed by atoms with Crippen molar-refractivity contribution >= 4 is 11.0 Å². The number of fused-ring (bicyclic) bond motifs is 1. The zero-order valence-electron chi connectivity index (χ0n) is 11.6. The van der Waals surface area contributed by atoms with E-state index in [1.165, 1.54) is 23.8 Å². The summed E-state index contributed by atoms with van der Waals surface area (Å²) in [7, 11) is 0. The highest BCUT2D eigenvalue weighted by Crippen LogP contribution is 2.26. The standard InChI is InChI=1S/C16H23NO/c1-4-12(5-2)17-11-14-13-9-7-8-10-16(13)18-15(14)6-3/h7-10,12,17H,4-6,11H2,1-3H3. The summed E-state index contributed by atoms with van der Waals surface area (Å²) >= 11 is 0. The van der Waals surface area contributed by atoms with E-state index in [2.05, 4.69) is 44.3 Å². The molecule has 0 aliphatic carbocycles. The van der Waals surface area contributed by atoms with Crippen LogP contribution >= 0.6 is 0 Å². The summed E-state index contributed by atoms with van der Waals surface area (Å²) in [6.45, 7) is 7.52. The lowest BCUT2D eigenvalue weighted by Crippen LogP contribution is -2.27. The zero-order chi connectivity index (χ0) is 13.0. The van der Waals surface area contributed by atoms with Crippen molar-refractivity contribution in [2.75, 3.05) is 0 Å². The second-order valence-corrected chi connectivity index (χ2v) is 4.75. The molecule has 2 aromatic rings. The van der Waals surface area contributed by atoms with E-state index in [1.54, 1.807) is 0 Å². The number of para-hydroxylation sites is 1. The monoisotopic (exact) mass is 245 g/mol. The molecular formula is C16H23NO. The van der Waals surface area contributed by atoms with Gasteiger partial charge in [0, 0.05) is 30.0 Å². The molecule has 1 N–H and O–H groups in total. The molecule has 2 rings (SSSR count). The number of rotatable bonds is 6. The van der Waals surface area contributed by atoms with E-state index in [0.29, 0.717) is 6.04 Å². The third-order valence-corrected chi connectivity index (χ3v) is 3.66. The third-order valence-electron chi connectivity index (χ3n) is 3.66. The van der Waals surface area contributed by atoms with Crippen molar-refractivity contribution in [3.63, 3.8) is 0 Å². The molecule has 2 nitrogen and oxygen atoms in total. The Morgan fingerprint density at radius 3 is 2.50 bits per heavy atom. The molecule has 1 aromatic heterocycles. The molecule has 0 aliphatic heterocycles. The van der Waals surface area contributed by atoms with Crippen LogP contribution in [-0.2, 0) is 13.0 Å². The molecule has 0 atom stereocenters.